The molecule has 0 saturated carbocycles. The molecule has 0 saturated heterocycles. The van der Waals surface area contributed by atoms with Crippen LogP contribution in [-0.2, 0) is 0 Å². The van der Waals surface area contributed by atoms with E-state index in [9.17, 15) is 0 Å². The van der Waals surface area contributed by atoms with Gasteiger partial charge in [-0.05, 0) is 19.8 Å². The van der Waals surface area contributed by atoms with Crippen molar-refractivity contribution in [3.05, 3.63) is 11.2 Å². The van der Waals surface area contributed by atoms with E-state index in [1.54, 1.807) is 0 Å². The normalized spacial score (nSPS) is 14.2. The average Bonchev–Trinajstić information content (AvgIpc) is 2.32. The minimum atomic E-state index is -0.265. The Bertz CT molecular complexity index is 376. The van der Waals surface area contributed by atoms with Crippen LogP contribution in [0.5, 0.6) is 0 Å². The van der Waals surface area contributed by atoms with E-state index in [0.29, 0.717) is 23.2 Å². The molecule has 0 bridgehead atoms. The van der Waals surface area contributed by atoms with Gasteiger partial charge in [0.15, 0.2) is 5.82 Å². The van der Waals surface area contributed by atoms with Gasteiger partial charge in [0.1, 0.15) is 5.02 Å². The first-order valence-corrected chi connectivity index (χ1v) is 5.80. The molecule has 0 aliphatic carbocycles. The summed E-state index contributed by atoms with van der Waals surface area (Å²) < 4.78 is 0. The number of nitrogens with two attached hydrogens (primary N) is 1. The summed E-state index contributed by atoms with van der Waals surface area (Å²) in [6, 6.07) is 0. The van der Waals surface area contributed by atoms with Gasteiger partial charge in [0.25, 0.3) is 0 Å². The zero-order chi connectivity index (χ0) is 12.9. The first-order chi connectivity index (χ1) is 8.04. The Morgan fingerprint density at radius 1 is 1.59 bits per heavy atom. The van der Waals surface area contributed by atoms with E-state index < -0.39 is 0 Å². The Balaban J connectivity index is 2.92. The minimum Gasteiger partial charge on any atom is -0.396 e. The van der Waals surface area contributed by atoms with Crippen LogP contribution in [0.15, 0.2) is 6.20 Å². The zero-order valence-electron chi connectivity index (χ0n) is 10.00. The van der Waals surface area contributed by atoms with Crippen molar-refractivity contribution in [1.82, 2.24) is 9.97 Å². The van der Waals surface area contributed by atoms with Gasteiger partial charge in [0.05, 0.1) is 6.20 Å². The molecule has 0 aliphatic rings. The molecule has 1 rings (SSSR count). The van der Waals surface area contributed by atoms with Crippen molar-refractivity contribution in [2.75, 3.05) is 17.3 Å². The number of hydrogen-bond donors (Lipinski definition) is 4. The van der Waals surface area contributed by atoms with Crippen molar-refractivity contribution in [2.45, 2.75) is 32.2 Å². The fourth-order valence-corrected chi connectivity index (χ4v) is 1.52. The number of aliphatic hydroxyl groups is 1. The van der Waals surface area contributed by atoms with Crippen LogP contribution in [0.3, 0.4) is 0 Å². The number of aliphatic hydroxyl groups excluding tert-OH is 1. The lowest BCUT2D eigenvalue weighted by Gasteiger charge is -2.30. The van der Waals surface area contributed by atoms with Gasteiger partial charge in [0, 0.05) is 12.1 Å². The number of hydrogen-bond acceptors (Lipinski definition) is 6. The molecule has 0 aliphatic heterocycles. The van der Waals surface area contributed by atoms with Crippen LogP contribution in [-0.4, -0.2) is 27.2 Å². The third-order valence-corrected chi connectivity index (χ3v) is 3.01. The van der Waals surface area contributed by atoms with Crippen LogP contribution < -0.4 is 16.6 Å². The highest BCUT2D eigenvalue weighted by Crippen LogP contribution is 2.26. The van der Waals surface area contributed by atoms with Gasteiger partial charge < -0.3 is 10.4 Å². The van der Waals surface area contributed by atoms with E-state index >= 15 is 0 Å². The molecule has 0 radical (unpaired) electrons. The summed E-state index contributed by atoms with van der Waals surface area (Å²) in [6.45, 7) is 4.12. The monoisotopic (exact) mass is 259 g/mol. The number of nitrogens with zero attached hydrogens (tertiary/aromatic N) is 2. The molecule has 96 valence electrons. The Morgan fingerprint density at radius 3 is 2.82 bits per heavy atom. The van der Waals surface area contributed by atoms with Gasteiger partial charge in [-0.3, -0.25) is 5.43 Å². The van der Waals surface area contributed by atoms with Crippen molar-refractivity contribution in [3.63, 3.8) is 0 Å². The van der Waals surface area contributed by atoms with Crippen molar-refractivity contribution in [2.24, 2.45) is 5.84 Å². The lowest BCUT2D eigenvalue weighted by molar-refractivity contribution is 0.252. The molecule has 6 nitrogen and oxygen atoms in total. The second-order valence-corrected chi connectivity index (χ2v) is 4.45. The maximum atomic E-state index is 9.04. The highest BCUT2D eigenvalue weighted by molar-refractivity contribution is 6.32. The van der Waals surface area contributed by atoms with E-state index in [1.165, 1.54) is 6.20 Å². The third-order valence-electron chi connectivity index (χ3n) is 2.74. The summed E-state index contributed by atoms with van der Waals surface area (Å²) >= 11 is 6.00. The number of aromatic nitrogens is 2. The molecule has 1 atom stereocenters. The van der Waals surface area contributed by atoms with E-state index in [0.717, 1.165) is 6.42 Å². The number of hydrazine groups is 1. The fraction of sp³-hybridized carbons (Fsp3) is 0.600. The number of anilines is 2. The lowest BCUT2D eigenvalue weighted by atomic mass is 9.95. The molecule has 5 N–H and O–H groups in total. The maximum Gasteiger partial charge on any atom is 0.239 e. The minimum absolute atomic E-state index is 0.0992. The van der Waals surface area contributed by atoms with E-state index in [-0.39, 0.29) is 12.1 Å². The van der Waals surface area contributed by atoms with Crippen LogP contribution in [0.1, 0.15) is 26.7 Å². The smallest absolute Gasteiger partial charge is 0.239 e. The van der Waals surface area contributed by atoms with Gasteiger partial charge in [-0.1, -0.05) is 18.5 Å². The molecule has 0 spiro atoms. The van der Waals surface area contributed by atoms with Crippen LogP contribution in [0.4, 0.5) is 11.8 Å². The van der Waals surface area contributed by atoms with Crippen LogP contribution in [0.25, 0.3) is 0 Å². The molecule has 0 fully saturated rings. The first kappa shape index (κ1) is 14.0. The van der Waals surface area contributed by atoms with Gasteiger partial charge in [-0.15, -0.1) is 0 Å². The molecule has 17 heavy (non-hydrogen) atoms. The predicted molar refractivity (Wildman–Crippen MR) is 68.9 cm³/mol. The molecule has 1 unspecified atom stereocenters. The van der Waals surface area contributed by atoms with Crippen LogP contribution in [0, 0.1) is 0 Å². The lowest BCUT2D eigenvalue weighted by Crippen LogP contribution is -2.35. The maximum absolute atomic E-state index is 9.04. The van der Waals surface area contributed by atoms with E-state index in [2.05, 4.69) is 20.7 Å². The van der Waals surface area contributed by atoms with Gasteiger partial charge >= 0.3 is 0 Å². The molecule has 0 aromatic carbocycles. The van der Waals surface area contributed by atoms with E-state index in [4.69, 9.17) is 22.6 Å². The Hall–Kier alpha value is -1.11. The third kappa shape index (κ3) is 3.69. The number of nitrogen functional groups attached to an aromatic ring is 1. The zero-order valence-corrected chi connectivity index (χ0v) is 10.8. The van der Waals surface area contributed by atoms with Crippen molar-refractivity contribution in [1.29, 1.82) is 0 Å². The summed E-state index contributed by atoms with van der Waals surface area (Å²) in [6.07, 6.45) is 2.91. The Kier molecular flexibility index (Phi) is 4.92. The number of nitrogens with one attached hydrogen (secondary N) is 2. The van der Waals surface area contributed by atoms with Gasteiger partial charge in [0.2, 0.25) is 5.95 Å². The summed E-state index contributed by atoms with van der Waals surface area (Å²) in [5.74, 6) is 6.04. The molecule has 7 heteroatoms. The largest absolute Gasteiger partial charge is 0.396 e. The molecule has 0 amide bonds. The average molecular weight is 260 g/mol. The highest BCUT2D eigenvalue weighted by atomic mass is 35.5. The number of halogens is 1. The van der Waals surface area contributed by atoms with Crippen LogP contribution in [0.2, 0.25) is 5.02 Å². The molecule has 1 aromatic heterocycles. The Morgan fingerprint density at radius 2 is 2.29 bits per heavy atom. The molecule has 1 heterocycles. The first-order valence-electron chi connectivity index (χ1n) is 5.43. The quantitative estimate of drug-likeness (QED) is 0.455. The summed E-state index contributed by atoms with van der Waals surface area (Å²) in [4.78, 5) is 8.02. The predicted octanol–water partition coefficient (Wildman–Crippen LogP) is 1.38. The molecular formula is C10H18ClN5O. The molecular weight excluding hydrogens is 242 g/mol. The standard InChI is InChI=1S/C10H18ClN5O/c1-3-10(2,4-5-17)15-8-7(11)6-13-9(14-8)16-12/h6,17H,3-5,12H2,1-2H3,(H2,13,14,15,16). The Labute approximate surface area is 106 Å². The second-order valence-electron chi connectivity index (χ2n) is 4.05. The number of rotatable bonds is 6. The topological polar surface area (TPSA) is 96.1 Å². The second kappa shape index (κ2) is 6.00. The summed E-state index contributed by atoms with van der Waals surface area (Å²) in [5, 5.41) is 12.7. The van der Waals surface area contributed by atoms with Crippen LogP contribution >= 0.6 is 11.6 Å². The van der Waals surface area contributed by atoms with Crippen molar-refractivity contribution < 1.29 is 5.11 Å². The van der Waals surface area contributed by atoms with Gasteiger partial charge in [-0.2, -0.15) is 4.98 Å². The van der Waals surface area contributed by atoms with E-state index in [1.807, 2.05) is 13.8 Å². The van der Waals surface area contributed by atoms with Gasteiger partial charge in [-0.25, -0.2) is 10.8 Å². The summed E-state index contributed by atoms with van der Waals surface area (Å²) in [5.41, 5.74) is 2.09. The summed E-state index contributed by atoms with van der Waals surface area (Å²) in [7, 11) is 0. The molecule has 1 aromatic rings. The SMILES string of the molecule is CCC(C)(CCO)Nc1nc(NN)ncc1Cl. The van der Waals surface area contributed by atoms with Crippen molar-refractivity contribution in [3.8, 4) is 0 Å². The highest BCUT2D eigenvalue weighted by Gasteiger charge is 2.23. The fourth-order valence-electron chi connectivity index (χ4n) is 1.38. The van der Waals surface area contributed by atoms with Crippen molar-refractivity contribution >= 4 is 23.4 Å².